The van der Waals surface area contributed by atoms with E-state index in [-0.39, 0.29) is 0 Å². The summed E-state index contributed by atoms with van der Waals surface area (Å²) in [6, 6.07) is 0. The third-order valence-corrected chi connectivity index (χ3v) is 2.49. The highest BCUT2D eigenvalue weighted by Crippen LogP contribution is 2.17. The van der Waals surface area contributed by atoms with Gasteiger partial charge < -0.3 is 31.1 Å². The molecule has 0 aliphatic carbocycles. The van der Waals surface area contributed by atoms with Crippen LogP contribution in [0.1, 0.15) is 6.92 Å². The average Bonchev–Trinajstić information content (AvgIpc) is 2.18. The Bertz CT molecular complexity index is 181. The van der Waals surface area contributed by atoms with Crippen molar-refractivity contribution in [2.45, 2.75) is 37.6 Å². The Morgan fingerprint density at radius 2 is 1.86 bits per heavy atom. The second kappa shape index (κ2) is 5.01. The molecule has 1 heterocycles. The van der Waals surface area contributed by atoms with Crippen LogP contribution in [-0.2, 0) is 4.74 Å². The molecule has 0 aromatic rings. The number of aliphatic hydroxyl groups excluding tert-OH is 3. The van der Waals surface area contributed by atoms with Gasteiger partial charge in [0.05, 0.1) is 6.10 Å². The van der Waals surface area contributed by atoms with Crippen LogP contribution in [0.25, 0.3) is 0 Å². The normalized spacial score (nSPS) is 43.9. The van der Waals surface area contributed by atoms with Gasteiger partial charge in [-0.1, -0.05) is 0 Å². The van der Waals surface area contributed by atoms with Gasteiger partial charge in [-0.15, -0.1) is 0 Å². The fourth-order valence-corrected chi connectivity index (χ4v) is 1.56. The molecule has 0 bridgehead atoms. The molecule has 6 nitrogen and oxygen atoms in total. The Hall–Kier alpha value is -0.240. The molecule has 1 fully saturated rings. The Morgan fingerprint density at radius 1 is 1.21 bits per heavy atom. The molecule has 5 atom stereocenters. The maximum absolute atomic E-state index is 9.57. The van der Waals surface area contributed by atoms with Crippen molar-refractivity contribution in [3.05, 3.63) is 0 Å². The van der Waals surface area contributed by atoms with E-state index in [9.17, 15) is 15.3 Å². The first kappa shape index (κ1) is 11.8. The highest BCUT2D eigenvalue weighted by Gasteiger charge is 2.43. The lowest BCUT2D eigenvalue weighted by molar-refractivity contribution is -0.751. The van der Waals surface area contributed by atoms with Gasteiger partial charge in [-0.3, -0.25) is 0 Å². The van der Waals surface area contributed by atoms with E-state index >= 15 is 0 Å². The number of nitrogens with two attached hydrogens (primary N) is 1. The average molecular weight is 208 g/mol. The predicted octanol–water partition coefficient (Wildman–Crippen LogP) is -4.38. The van der Waals surface area contributed by atoms with Gasteiger partial charge in [0.1, 0.15) is 25.3 Å². The lowest BCUT2D eigenvalue weighted by Crippen LogP contribution is -2.97. The van der Waals surface area contributed by atoms with Crippen LogP contribution in [0.4, 0.5) is 0 Å². The van der Waals surface area contributed by atoms with Crippen LogP contribution in [0, 0.1) is 0 Å². The molecule has 6 heteroatoms. The van der Waals surface area contributed by atoms with Gasteiger partial charge in [0, 0.05) is 0 Å². The molecule has 84 valence electrons. The first-order valence-corrected chi connectivity index (χ1v) is 4.90. The van der Waals surface area contributed by atoms with E-state index in [4.69, 9.17) is 4.74 Å². The third kappa shape index (κ3) is 2.41. The number of ether oxygens (including phenoxy) is 1. The summed E-state index contributed by atoms with van der Waals surface area (Å²) in [6.07, 6.45) is -4.17. The SMILES string of the molecule is C[C@@H]1O[C@@H]([NH2+]CC[NH3+])[C@@H](O)[C@@H](O)[C@H]1O. The molecule has 1 aliphatic rings. The van der Waals surface area contributed by atoms with Gasteiger partial charge in [-0.05, 0) is 6.92 Å². The molecule has 0 spiro atoms. The lowest BCUT2D eigenvalue weighted by Gasteiger charge is -2.37. The zero-order chi connectivity index (χ0) is 10.7. The highest BCUT2D eigenvalue weighted by atomic mass is 16.5. The standard InChI is InChI=1S/C8H18N2O4/c1-4-5(11)6(12)7(13)8(14-4)10-3-2-9/h4-8,10-13H,2-3,9H2,1H3/p+2/t4-,5-,6-,7-,8+/m0/s1. The van der Waals surface area contributed by atoms with Crippen molar-refractivity contribution >= 4 is 0 Å². The summed E-state index contributed by atoms with van der Waals surface area (Å²) < 4.78 is 5.34. The van der Waals surface area contributed by atoms with Crippen LogP contribution >= 0.6 is 0 Å². The zero-order valence-electron chi connectivity index (χ0n) is 8.34. The number of hydrogen-bond donors (Lipinski definition) is 5. The van der Waals surface area contributed by atoms with Gasteiger partial charge in [0.25, 0.3) is 0 Å². The Labute approximate surface area is 82.7 Å². The molecule has 0 unspecified atom stereocenters. The van der Waals surface area contributed by atoms with Gasteiger partial charge in [0.2, 0.25) is 6.23 Å². The van der Waals surface area contributed by atoms with Crippen molar-refractivity contribution < 1.29 is 31.1 Å². The van der Waals surface area contributed by atoms with Crippen LogP contribution in [-0.4, -0.2) is 59.1 Å². The Morgan fingerprint density at radius 3 is 2.43 bits per heavy atom. The van der Waals surface area contributed by atoms with E-state index < -0.39 is 30.6 Å². The van der Waals surface area contributed by atoms with E-state index in [1.165, 1.54) is 0 Å². The molecule has 0 aromatic heterocycles. The Balaban J connectivity index is 2.52. The van der Waals surface area contributed by atoms with Crippen molar-refractivity contribution in [1.82, 2.24) is 0 Å². The molecular weight excluding hydrogens is 188 g/mol. The van der Waals surface area contributed by atoms with Crippen LogP contribution in [0.5, 0.6) is 0 Å². The third-order valence-electron chi connectivity index (χ3n) is 2.49. The first-order valence-electron chi connectivity index (χ1n) is 4.90. The molecule has 0 radical (unpaired) electrons. The minimum atomic E-state index is -1.13. The fourth-order valence-electron chi connectivity index (χ4n) is 1.56. The summed E-state index contributed by atoms with van der Waals surface area (Å²) in [6.45, 7) is 3.11. The maximum Gasteiger partial charge on any atom is 0.219 e. The largest absolute Gasteiger partial charge is 0.388 e. The minimum Gasteiger partial charge on any atom is -0.388 e. The van der Waals surface area contributed by atoms with Crippen LogP contribution in [0.2, 0.25) is 0 Å². The van der Waals surface area contributed by atoms with E-state index in [1.807, 2.05) is 0 Å². The van der Waals surface area contributed by atoms with Crippen molar-refractivity contribution in [1.29, 1.82) is 0 Å². The first-order chi connectivity index (χ1) is 6.57. The van der Waals surface area contributed by atoms with E-state index in [0.717, 1.165) is 13.1 Å². The van der Waals surface area contributed by atoms with E-state index in [0.29, 0.717) is 0 Å². The summed E-state index contributed by atoms with van der Waals surface area (Å²) in [5.74, 6) is 0. The van der Waals surface area contributed by atoms with Crippen molar-refractivity contribution in [3.8, 4) is 0 Å². The Kier molecular flexibility index (Phi) is 4.24. The van der Waals surface area contributed by atoms with Gasteiger partial charge in [-0.2, -0.15) is 0 Å². The van der Waals surface area contributed by atoms with Crippen molar-refractivity contribution in [2.24, 2.45) is 0 Å². The topological polar surface area (TPSA) is 114 Å². The second-order valence-corrected chi connectivity index (χ2v) is 3.66. The monoisotopic (exact) mass is 208 g/mol. The summed E-state index contributed by atoms with van der Waals surface area (Å²) >= 11 is 0. The number of aliphatic hydroxyl groups is 3. The number of rotatable bonds is 3. The highest BCUT2D eigenvalue weighted by molar-refractivity contribution is 4.86. The fraction of sp³-hybridized carbons (Fsp3) is 1.00. The zero-order valence-corrected chi connectivity index (χ0v) is 8.34. The smallest absolute Gasteiger partial charge is 0.219 e. The van der Waals surface area contributed by atoms with Crippen molar-refractivity contribution in [3.63, 3.8) is 0 Å². The molecule has 0 aromatic carbocycles. The van der Waals surface area contributed by atoms with E-state index in [1.54, 1.807) is 12.2 Å². The quantitative estimate of drug-likeness (QED) is 0.322. The molecule has 1 rings (SSSR count). The van der Waals surface area contributed by atoms with Crippen LogP contribution in [0.15, 0.2) is 0 Å². The van der Waals surface area contributed by atoms with Crippen LogP contribution < -0.4 is 11.1 Å². The van der Waals surface area contributed by atoms with E-state index in [2.05, 4.69) is 5.73 Å². The summed E-state index contributed by atoms with van der Waals surface area (Å²) in [5.41, 5.74) is 3.67. The molecule has 1 saturated heterocycles. The minimum absolute atomic E-state index is 0.459. The summed E-state index contributed by atoms with van der Waals surface area (Å²) in [5, 5.41) is 30.2. The molecule has 0 saturated carbocycles. The van der Waals surface area contributed by atoms with Crippen molar-refractivity contribution in [2.75, 3.05) is 13.1 Å². The van der Waals surface area contributed by atoms with Gasteiger partial charge in [0.15, 0.2) is 6.10 Å². The molecule has 8 N–H and O–H groups in total. The lowest BCUT2D eigenvalue weighted by atomic mass is 9.99. The van der Waals surface area contributed by atoms with Gasteiger partial charge in [-0.25, -0.2) is 0 Å². The summed E-state index contributed by atoms with van der Waals surface area (Å²) in [4.78, 5) is 0. The van der Waals surface area contributed by atoms with Gasteiger partial charge >= 0.3 is 0 Å². The number of hydrogen-bond acceptors (Lipinski definition) is 4. The second-order valence-electron chi connectivity index (χ2n) is 3.66. The molecule has 0 amide bonds. The summed E-state index contributed by atoms with van der Waals surface area (Å²) in [7, 11) is 0. The molecular formula is C8H20N2O4+2. The predicted molar refractivity (Wildman–Crippen MR) is 46.9 cm³/mol. The maximum atomic E-state index is 9.57. The van der Waals surface area contributed by atoms with Crippen LogP contribution in [0.3, 0.4) is 0 Å². The number of quaternary nitrogens is 2. The molecule has 1 aliphatic heterocycles. The molecule has 14 heavy (non-hydrogen) atoms.